The van der Waals surface area contributed by atoms with E-state index in [1.165, 1.54) is 0 Å². The van der Waals surface area contributed by atoms with Gasteiger partial charge in [-0.2, -0.15) is 0 Å². The van der Waals surface area contributed by atoms with Gasteiger partial charge in [0.05, 0.1) is 6.04 Å². The summed E-state index contributed by atoms with van der Waals surface area (Å²) in [6.07, 6.45) is -0.551. The number of nitrogens with one attached hydrogen (secondary N) is 1. The Bertz CT molecular complexity index is 440. The van der Waals surface area contributed by atoms with Crippen molar-refractivity contribution in [3.63, 3.8) is 0 Å². The minimum Gasteiger partial charge on any atom is -0.444 e. The van der Waals surface area contributed by atoms with Crippen LogP contribution in [-0.4, -0.2) is 16.9 Å². The van der Waals surface area contributed by atoms with Crippen LogP contribution in [-0.2, 0) is 9.53 Å². The fourth-order valence-electron chi connectivity index (χ4n) is 1.55. The summed E-state index contributed by atoms with van der Waals surface area (Å²) in [5.74, 6) is 0. The molecule has 0 spiro atoms. The molecule has 4 nitrogen and oxygen atoms in total. The first-order chi connectivity index (χ1) is 8.78. The molecule has 1 amide bonds. The summed E-state index contributed by atoms with van der Waals surface area (Å²) in [7, 11) is 0. The Hall–Kier alpha value is -1.55. The molecule has 0 fully saturated rings. The van der Waals surface area contributed by atoms with Gasteiger partial charge in [0.25, 0.3) is 0 Å². The molecule has 0 heterocycles. The lowest BCUT2D eigenvalue weighted by atomic mass is 10.0. The number of amides is 1. The van der Waals surface area contributed by atoms with E-state index < -0.39 is 23.0 Å². The van der Waals surface area contributed by atoms with E-state index in [9.17, 15) is 9.59 Å². The normalized spacial score (nSPS) is 12.6. The molecular weight excluding hydrogens is 266 g/mol. The molecular formula is C14H18ClNO3. The van der Waals surface area contributed by atoms with Crippen molar-refractivity contribution >= 4 is 22.9 Å². The maximum atomic E-state index is 11.7. The first kappa shape index (κ1) is 15.5. The summed E-state index contributed by atoms with van der Waals surface area (Å²) in [4.78, 5) is 22.8. The van der Waals surface area contributed by atoms with Crippen LogP contribution in [0.5, 0.6) is 0 Å². The molecule has 5 heteroatoms. The molecule has 0 saturated heterocycles. The largest absolute Gasteiger partial charge is 0.444 e. The predicted molar refractivity (Wildman–Crippen MR) is 74.0 cm³/mol. The minimum absolute atomic E-state index is 0.0187. The molecule has 104 valence electrons. The Labute approximate surface area is 118 Å². The van der Waals surface area contributed by atoms with Crippen molar-refractivity contribution in [3.8, 4) is 0 Å². The number of hydrogen-bond donors (Lipinski definition) is 1. The second-order valence-electron chi connectivity index (χ2n) is 5.17. The number of halogens is 1. The fourth-order valence-corrected chi connectivity index (χ4v) is 1.70. The van der Waals surface area contributed by atoms with E-state index >= 15 is 0 Å². The van der Waals surface area contributed by atoms with Crippen LogP contribution < -0.4 is 5.32 Å². The molecule has 0 aromatic heterocycles. The number of benzene rings is 1. The van der Waals surface area contributed by atoms with Crippen LogP contribution in [0, 0.1) is 0 Å². The summed E-state index contributed by atoms with van der Waals surface area (Å²) >= 11 is 5.41. The monoisotopic (exact) mass is 283 g/mol. The van der Waals surface area contributed by atoms with Gasteiger partial charge in [0.15, 0.2) is 0 Å². The zero-order chi connectivity index (χ0) is 14.5. The summed E-state index contributed by atoms with van der Waals surface area (Å²) in [5.41, 5.74) is 0.221. The highest BCUT2D eigenvalue weighted by Gasteiger charge is 2.21. The Morgan fingerprint density at radius 3 is 2.32 bits per heavy atom. The van der Waals surface area contributed by atoms with Crippen molar-refractivity contribution in [1.29, 1.82) is 0 Å². The van der Waals surface area contributed by atoms with Gasteiger partial charge in [-0.3, -0.25) is 4.79 Å². The van der Waals surface area contributed by atoms with Crippen LogP contribution in [0.25, 0.3) is 0 Å². The third kappa shape index (κ3) is 6.25. The van der Waals surface area contributed by atoms with Gasteiger partial charge in [0, 0.05) is 6.42 Å². The number of alkyl carbamates (subject to hydrolysis) is 1. The zero-order valence-electron chi connectivity index (χ0n) is 11.3. The number of carbonyl (C=O) groups excluding carboxylic acids is 2. The molecule has 1 atom stereocenters. The quantitative estimate of drug-likeness (QED) is 0.862. The highest BCUT2D eigenvalue weighted by atomic mass is 35.5. The lowest BCUT2D eigenvalue weighted by molar-refractivity contribution is -0.112. The van der Waals surface area contributed by atoms with Crippen molar-refractivity contribution < 1.29 is 14.3 Å². The van der Waals surface area contributed by atoms with Crippen LogP contribution in [0.1, 0.15) is 38.8 Å². The van der Waals surface area contributed by atoms with Crippen molar-refractivity contribution in [2.45, 2.75) is 38.8 Å². The molecule has 0 saturated carbocycles. The maximum Gasteiger partial charge on any atom is 0.408 e. The van der Waals surface area contributed by atoms with E-state index in [0.29, 0.717) is 0 Å². The molecule has 1 aromatic rings. The molecule has 1 aromatic carbocycles. The van der Waals surface area contributed by atoms with Crippen molar-refractivity contribution in [3.05, 3.63) is 35.9 Å². The van der Waals surface area contributed by atoms with Gasteiger partial charge in [0.1, 0.15) is 5.60 Å². The molecule has 0 bridgehead atoms. The molecule has 1 rings (SSSR count). The molecule has 19 heavy (non-hydrogen) atoms. The van der Waals surface area contributed by atoms with Crippen LogP contribution in [0.4, 0.5) is 4.79 Å². The van der Waals surface area contributed by atoms with Gasteiger partial charge in [-0.1, -0.05) is 30.3 Å². The summed E-state index contributed by atoms with van der Waals surface area (Å²) in [6.45, 7) is 5.32. The average molecular weight is 284 g/mol. The van der Waals surface area contributed by atoms with E-state index in [1.807, 2.05) is 30.3 Å². The summed E-state index contributed by atoms with van der Waals surface area (Å²) in [5, 5.41) is 2.15. The number of hydrogen-bond acceptors (Lipinski definition) is 3. The van der Waals surface area contributed by atoms with Gasteiger partial charge in [-0.25, -0.2) is 4.79 Å². The minimum atomic E-state index is -0.587. The predicted octanol–water partition coefficient (Wildman–Crippen LogP) is 3.41. The Balaban J connectivity index is 2.76. The number of ether oxygens (including phenoxy) is 1. The highest BCUT2D eigenvalue weighted by Crippen LogP contribution is 2.19. The molecule has 0 unspecified atom stereocenters. The summed E-state index contributed by atoms with van der Waals surface area (Å²) < 4.78 is 5.17. The van der Waals surface area contributed by atoms with Crippen LogP contribution >= 0.6 is 11.6 Å². The Morgan fingerprint density at radius 2 is 1.84 bits per heavy atom. The topological polar surface area (TPSA) is 55.4 Å². The Morgan fingerprint density at radius 1 is 1.26 bits per heavy atom. The van der Waals surface area contributed by atoms with Gasteiger partial charge in [-0.05, 0) is 37.9 Å². The lowest BCUT2D eigenvalue weighted by Gasteiger charge is -2.23. The van der Waals surface area contributed by atoms with Gasteiger partial charge in [0.2, 0.25) is 5.24 Å². The maximum absolute atomic E-state index is 11.7. The first-order valence-electron chi connectivity index (χ1n) is 6.01. The zero-order valence-corrected chi connectivity index (χ0v) is 12.0. The molecule has 1 N–H and O–H groups in total. The molecule has 0 aliphatic carbocycles. The second kappa shape index (κ2) is 6.57. The third-order valence-corrected chi connectivity index (χ3v) is 2.41. The van der Waals surface area contributed by atoms with Crippen LogP contribution in [0.15, 0.2) is 30.3 Å². The smallest absolute Gasteiger partial charge is 0.408 e. The number of carbonyl (C=O) groups is 2. The van der Waals surface area contributed by atoms with E-state index in [0.717, 1.165) is 5.56 Å². The fraction of sp³-hybridized carbons (Fsp3) is 0.429. The van der Waals surface area contributed by atoms with Crippen LogP contribution in [0.3, 0.4) is 0 Å². The Kier molecular flexibility index (Phi) is 5.36. The van der Waals surface area contributed by atoms with E-state index in [4.69, 9.17) is 16.3 Å². The van der Waals surface area contributed by atoms with E-state index in [-0.39, 0.29) is 6.42 Å². The second-order valence-corrected chi connectivity index (χ2v) is 5.59. The van der Waals surface area contributed by atoms with Crippen molar-refractivity contribution in [2.24, 2.45) is 0 Å². The van der Waals surface area contributed by atoms with Crippen molar-refractivity contribution in [2.75, 3.05) is 0 Å². The van der Waals surface area contributed by atoms with E-state index in [1.54, 1.807) is 20.8 Å². The molecule has 0 radical (unpaired) electrons. The van der Waals surface area contributed by atoms with E-state index in [2.05, 4.69) is 5.32 Å². The molecule has 0 aliphatic heterocycles. The standard InChI is InChI=1S/C14H18ClNO3/c1-14(2,3)19-13(18)16-11(9-12(15)17)10-7-5-4-6-8-10/h4-8,11H,9H2,1-3H3,(H,16,18)/t11-/m1/s1. The number of rotatable bonds is 4. The lowest BCUT2D eigenvalue weighted by Crippen LogP contribution is -2.35. The van der Waals surface area contributed by atoms with Gasteiger partial charge in [-0.15, -0.1) is 0 Å². The van der Waals surface area contributed by atoms with Gasteiger partial charge >= 0.3 is 6.09 Å². The van der Waals surface area contributed by atoms with Crippen molar-refractivity contribution in [1.82, 2.24) is 5.32 Å². The average Bonchev–Trinajstić information content (AvgIpc) is 2.26. The summed E-state index contributed by atoms with van der Waals surface area (Å²) in [6, 6.07) is 8.68. The third-order valence-electron chi connectivity index (χ3n) is 2.26. The molecule has 0 aliphatic rings. The first-order valence-corrected chi connectivity index (χ1v) is 6.38. The SMILES string of the molecule is CC(C)(C)OC(=O)N[C@H](CC(=O)Cl)c1ccccc1. The highest BCUT2D eigenvalue weighted by molar-refractivity contribution is 6.63. The van der Waals surface area contributed by atoms with Gasteiger partial charge < -0.3 is 10.1 Å². The van der Waals surface area contributed by atoms with Crippen LogP contribution in [0.2, 0.25) is 0 Å².